The topological polar surface area (TPSA) is 15.3 Å². The van der Waals surface area contributed by atoms with Gasteiger partial charge < -0.3 is 10.2 Å². The van der Waals surface area contributed by atoms with Gasteiger partial charge in [0, 0.05) is 24.2 Å². The third-order valence-corrected chi connectivity index (χ3v) is 5.05. The summed E-state index contributed by atoms with van der Waals surface area (Å²) in [5.74, 6) is -2.41. The van der Waals surface area contributed by atoms with Gasteiger partial charge in [-0.3, -0.25) is 0 Å². The summed E-state index contributed by atoms with van der Waals surface area (Å²) in [7, 11) is 1.92. The van der Waals surface area contributed by atoms with E-state index in [-0.39, 0.29) is 0 Å². The van der Waals surface area contributed by atoms with Gasteiger partial charge in [-0.2, -0.15) is 8.78 Å². The van der Waals surface area contributed by atoms with Gasteiger partial charge in [0.2, 0.25) is 0 Å². The molecule has 2 nitrogen and oxygen atoms in total. The molecule has 0 atom stereocenters. The molecule has 0 unspecified atom stereocenters. The minimum absolute atomic E-state index is 0.529. The van der Waals surface area contributed by atoms with E-state index in [1.165, 1.54) is 16.3 Å². The summed E-state index contributed by atoms with van der Waals surface area (Å²) < 4.78 is 24.7. The van der Waals surface area contributed by atoms with Crippen molar-refractivity contribution in [1.82, 2.24) is 4.90 Å². The maximum Gasteiger partial charge on any atom is 0.288 e. The number of nitrogens with zero attached hydrogens (tertiary/aromatic N) is 1. The first-order chi connectivity index (χ1) is 12.5. The van der Waals surface area contributed by atoms with E-state index in [9.17, 15) is 8.78 Å². The molecule has 0 saturated carbocycles. The van der Waals surface area contributed by atoms with Gasteiger partial charge in [-0.05, 0) is 58.9 Å². The molecule has 6 heteroatoms. The zero-order chi connectivity index (χ0) is 18.5. The van der Waals surface area contributed by atoms with Gasteiger partial charge >= 0.3 is 0 Å². The minimum atomic E-state index is -2.41. The lowest BCUT2D eigenvalue weighted by Crippen LogP contribution is -2.30. The number of alkyl halides is 2. The summed E-state index contributed by atoms with van der Waals surface area (Å²) in [4.78, 5) is 2.47. The number of halogens is 2. The summed E-state index contributed by atoms with van der Waals surface area (Å²) in [6, 6.07) is 21.4. The molecule has 0 aromatic heterocycles. The fraction of sp³-hybridized carbons (Fsp3) is 0.150. The van der Waals surface area contributed by atoms with Gasteiger partial charge in [-0.15, -0.1) is 0 Å². The lowest BCUT2D eigenvalue weighted by molar-refractivity contribution is 0.252. The number of thiocarbonyl (C=S) groups is 1. The van der Waals surface area contributed by atoms with Crippen molar-refractivity contribution in [3.05, 3.63) is 72.3 Å². The molecular formula is C20H18F2N2S2. The monoisotopic (exact) mass is 388 g/mol. The van der Waals surface area contributed by atoms with Gasteiger partial charge in [0.05, 0.1) is 0 Å². The second kappa shape index (κ2) is 8.47. The van der Waals surface area contributed by atoms with Gasteiger partial charge in [0.1, 0.15) is 0 Å². The van der Waals surface area contributed by atoms with Crippen LogP contribution in [0.2, 0.25) is 0 Å². The predicted molar refractivity (Wildman–Crippen MR) is 110 cm³/mol. The first kappa shape index (κ1) is 18.6. The lowest BCUT2D eigenvalue weighted by atomic mass is 10.1. The summed E-state index contributed by atoms with van der Waals surface area (Å²) in [6.45, 7) is 0.677. The van der Waals surface area contributed by atoms with Crippen LogP contribution in [0.15, 0.2) is 71.6 Å². The quantitative estimate of drug-likeness (QED) is 0.427. The average Bonchev–Trinajstić information content (AvgIpc) is 2.62. The third-order valence-electron chi connectivity index (χ3n) is 3.91. The van der Waals surface area contributed by atoms with Crippen LogP contribution in [0.5, 0.6) is 0 Å². The molecule has 3 rings (SSSR count). The number of nitrogens with one attached hydrogen (secondary N) is 1. The zero-order valence-corrected chi connectivity index (χ0v) is 15.8. The van der Waals surface area contributed by atoms with Crippen LogP contribution in [0, 0.1) is 0 Å². The first-order valence-corrected chi connectivity index (χ1v) is 9.35. The second-order valence-electron chi connectivity index (χ2n) is 5.87. The van der Waals surface area contributed by atoms with Gasteiger partial charge in [0.25, 0.3) is 5.76 Å². The first-order valence-electron chi connectivity index (χ1n) is 8.06. The van der Waals surface area contributed by atoms with Crippen LogP contribution in [-0.4, -0.2) is 22.8 Å². The largest absolute Gasteiger partial charge is 0.348 e. The maximum atomic E-state index is 12.4. The van der Waals surface area contributed by atoms with Crippen LogP contribution in [0.4, 0.5) is 14.5 Å². The van der Waals surface area contributed by atoms with Crippen LogP contribution >= 0.6 is 24.0 Å². The van der Waals surface area contributed by atoms with Crippen LogP contribution in [-0.2, 0) is 6.54 Å². The molecule has 3 aromatic rings. The molecule has 0 radical (unpaired) electrons. The van der Waals surface area contributed by atoms with E-state index in [0.717, 1.165) is 5.69 Å². The molecule has 1 N–H and O–H groups in total. The average molecular weight is 389 g/mol. The third kappa shape index (κ3) is 4.93. The fourth-order valence-electron chi connectivity index (χ4n) is 2.62. The Hall–Kier alpha value is -2.18. The van der Waals surface area contributed by atoms with Crippen molar-refractivity contribution < 1.29 is 8.78 Å². The Morgan fingerprint density at radius 1 is 1.04 bits per heavy atom. The van der Waals surface area contributed by atoms with Crippen molar-refractivity contribution in [3.8, 4) is 0 Å². The van der Waals surface area contributed by atoms with Gasteiger partial charge in [-0.1, -0.05) is 48.2 Å². The van der Waals surface area contributed by atoms with Crippen LogP contribution in [0.1, 0.15) is 5.56 Å². The molecule has 0 amide bonds. The summed E-state index contributed by atoms with van der Waals surface area (Å²) >= 11 is 5.98. The number of benzene rings is 3. The van der Waals surface area contributed by atoms with E-state index in [2.05, 4.69) is 35.6 Å². The standard InChI is InChI=1S/C20H18F2N2S2/c1-24(13-14-6-7-15-4-2-3-5-16(15)12-14)20(25)23-17-8-10-18(11-9-17)26-19(21)22/h2-12,19H,13H2,1H3,(H,23,25). The molecule has 0 aliphatic rings. The molecule has 0 spiro atoms. The van der Waals surface area contributed by atoms with Crippen molar-refractivity contribution in [3.63, 3.8) is 0 Å². The van der Waals surface area contributed by atoms with Crippen molar-refractivity contribution in [1.29, 1.82) is 0 Å². The molecule has 0 fully saturated rings. The Morgan fingerprint density at radius 3 is 2.42 bits per heavy atom. The molecule has 0 aliphatic heterocycles. The zero-order valence-electron chi connectivity index (χ0n) is 14.2. The SMILES string of the molecule is CN(Cc1ccc2ccccc2c1)C(=S)Nc1ccc(SC(F)F)cc1. The second-order valence-corrected chi connectivity index (χ2v) is 7.32. The lowest BCUT2D eigenvalue weighted by Gasteiger charge is -2.21. The number of hydrogen-bond acceptors (Lipinski definition) is 2. The highest BCUT2D eigenvalue weighted by Gasteiger charge is 2.08. The van der Waals surface area contributed by atoms with Gasteiger partial charge in [0.15, 0.2) is 5.11 Å². The Labute approximate surface area is 161 Å². The molecule has 0 saturated heterocycles. The van der Waals surface area contributed by atoms with E-state index in [1.54, 1.807) is 24.3 Å². The van der Waals surface area contributed by atoms with E-state index < -0.39 is 5.76 Å². The van der Waals surface area contributed by atoms with Crippen molar-refractivity contribution in [2.24, 2.45) is 0 Å². The molecule has 0 bridgehead atoms. The Bertz CT molecular complexity index is 898. The van der Waals surface area contributed by atoms with E-state index >= 15 is 0 Å². The van der Waals surface area contributed by atoms with Crippen molar-refractivity contribution in [2.75, 3.05) is 12.4 Å². The normalized spacial score (nSPS) is 10.9. The Morgan fingerprint density at radius 2 is 1.73 bits per heavy atom. The Balaban J connectivity index is 1.61. The van der Waals surface area contributed by atoms with Crippen molar-refractivity contribution >= 4 is 45.6 Å². The van der Waals surface area contributed by atoms with Crippen LogP contribution < -0.4 is 5.32 Å². The Kier molecular flexibility index (Phi) is 6.06. The van der Waals surface area contributed by atoms with Crippen LogP contribution in [0.3, 0.4) is 0 Å². The molecule has 134 valence electrons. The smallest absolute Gasteiger partial charge is 0.288 e. The highest BCUT2D eigenvalue weighted by Crippen LogP contribution is 2.26. The number of anilines is 1. The minimum Gasteiger partial charge on any atom is -0.348 e. The summed E-state index contributed by atoms with van der Waals surface area (Å²) in [5.41, 5.74) is 1.94. The number of rotatable bonds is 5. The van der Waals surface area contributed by atoms with Crippen molar-refractivity contribution in [2.45, 2.75) is 17.2 Å². The summed E-state index contributed by atoms with van der Waals surface area (Å²) in [6.07, 6.45) is 0. The van der Waals surface area contributed by atoms with E-state index in [4.69, 9.17) is 12.2 Å². The highest BCUT2D eigenvalue weighted by atomic mass is 32.2. The molecule has 0 aliphatic carbocycles. The van der Waals surface area contributed by atoms with Gasteiger partial charge in [-0.25, -0.2) is 0 Å². The molecule has 3 aromatic carbocycles. The highest BCUT2D eigenvalue weighted by molar-refractivity contribution is 7.99. The molecule has 26 heavy (non-hydrogen) atoms. The number of thioether (sulfide) groups is 1. The molecular weight excluding hydrogens is 370 g/mol. The number of hydrogen-bond donors (Lipinski definition) is 1. The van der Waals surface area contributed by atoms with Crippen LogP contribution in [0.25, 0.3) is 10.8 Å². The predicted octanol–water partition coefficient (Wildman–Crippen LogP) is 5.98. The van der Waals surface area contributed by atoms with E-state index in [1.807, 2.05) is 24.1 Å². The number of fused-ring (bicyclic) bond motifs is 1. The van der Waals surface area contributed by atoms with E-state index in [0.29, 0.717) is 28.3 Å². The molecule has 0 heterocycles. The summed E-state index contributed by atoms with van der Waals surface area (Å²) in [5, 5.41) is 6.12. The maximum absolute atomic E-state index is 12.4. The fourth-order valence-corrected chi connectivity index (χ4v) is 3.30.